The van der Waals surface area contributed by atoms with E-state index in [0.29, 0.717) is 23.7 Å². The number of rotatable bonds is 5. The van der Waals surface area contributed by atoms with E-state index in [1.807, 2.05) is 6.07 Å². The van der Waals surface area contributed by atoms with Crippen molar-refractivity contribution in [3.63, 3.8) is 0 Å². The van der Waals surface area contributed by atoms with Gasteiger partial charge in [-0.15, -0.1) is 6.58 Å². The standard InChI is InChI=1S/C16H21N3O2/c1-4-7-17-15(20)11-5-6-12-13(9-11)19-16(21)14(18-12)8-10(2)3/h4-6,9-10,14,18H,1,7-8H2,2-3H3,(H,17,20)(H,19,21)/t14-/m1/s1. The molecule has 0 fully saturated rings. The molecular weight excluding hydrogens is 266 g/mol. The number of benzene rings is 1. The summed E-state index contributed by atoms with van der Waals surface area (Å²) < 4.78 is 0. The summed E-state index contributed by atoms with van der Waals surface area (Å²) in [6, 6.07) is 5.03. The zero-order valence-corrected chi connectivity index (χ0v) is 12.4. The summed E-state index contributed by atoms with van der Waals surface area (Å²) in [5, 5.41) is 8.80. The minimum Gasteiger partial charge on any atom is -0.372 e. The van der Waals surface area contributed by atoms with Gasteiger partial charge in [-0.1, -0.05) is 19.9 Å². The first-order valence-corrected chi connectivity index (χ1v) is 7.11. The minimum absolute atomic E-state index is 0.0557. The van der Waals surface area contributed by atoms with Crippen molar-refractivity contribution in [1.82, 2.24) is 5.32 Å². The lowest BCUT2D eigenvalue weighted by molar-refractivity contribution is -0.117. The number of nitrogens with one attached hydrogen (secondary N) is 3. The molecule has 0 saturated heterocycles. The lowest BCUT2D eigenvalue weighted by Crippen LogP contribution is -2.39. The molecule has 0 bridgehead atoms. The molecule has 0 spiro atoms. The van der Waals surface area contributed by atoms with Crippen molar-refractivity contribution in [1.29, 1.82) is 0 Å². The molecule has 112 valence electrons. The Hall–Kier alpha value is -2.30. The Morgan fingerprint density at radius 3 is 2.86 bits per heavy atom. The second kappa shape index (κ2) is 6.43. The topological polar surface area (TPSA) is 70.2 Å². The first kappa shape index (κ1) is 15.1. The van der Waals surface area contributed by atoms with Crippen LogP contribution in [0.2, 0.25) is 0 Å². The molecule has 1 aliphatic rings. The van der Waals surface area contributed by atoms with E-state index < -0.39 is 0 Å². The van der Waals surface area contributed by atoms with Crippen LogP contribution in [0, 0.1) is 5.92 Å². The van der Waals surface area contributed by atoms with Crippen LogP contribution in [-0.4, -0.2) is 24.4 Å². The van der Waals surface area contributed by atoms with E-state index in [2.05, 4.69) is 36.4 Å². The summed E-state index contributed by atoms with van der Waals surface area (Å²) >= 11 is 0. The molecule has 2 amide bonds. The van der Waals surface area contributed by atoms with Crippen LogP contribution in [0.3, 0.4) is 0 Å². The average molecular weight is 287 g/mol. The van der Waals surface area contributed by atoms with Crippen molar-refractivity contribution < 1.29 is 9.59 Å². The van der Waals surface area contributed by atoms with Crippen molar-refractivity contribution in [2.45, 2.75) is 26.3 Å². The Labute approximate surface area is 124 Å². The van der Waals surface area contributed by atoms with Crippen LogP contribution in [0.25, 0.3) is 0 Å². The van der Waals surface area contributed by atoms with Crippen LogP contribution in [0.4, 0.5) is 11.4 Å². The Morgan fingerprint density at radius 2 is 2.19 bits per heavy atom. The summed E-state index contributed by atoms with van der Waals surface area (Å²) in [5.74, 6) is 0.190. The molecule has 0 saturated carbocycles. The number of hydrogen-bond acceptors (Lipinski definition) is 3. The molecule has 0 unspecified atom stereocenters. The van der Waals surface area contributed by atoms with Gasteiger partial charge in [0.25, 0.3) is 5.91 Å². The Kier molecular flexibility index (Phi) is 4.62. The van der Waals surface area contributed by atoms with Gasteiger partial charge in [-0.05, 0) is 30.5 Å². The largest absolute Gasteiger partial charge is 0.372 e. The van der Waals surface area contributed by atoms with Gasteiger partial charge in [0.15, 0.2) is 0 Å². The van der Waals surface area contributed by atoms with Crippen LogP contribution in [0.5, 0.6) is 0 Å². The van der Waals surface area contributed by atoms with Crippen molar-refractivity contribution >= 4 is 23.2 Å². The molecule has 1 atom stereocenters. The summed E-state index contributed by atoms with van der Waals surface area (Å²) in [7, 11) is 0. The van der Waals surface area contributed by atoms with Gasteiger partial charge in [-0.2, -0.15) is 0 Å². The maximum atomic E-state index is 12.1. The molecule has 0 radical (unpaired) electrons. The molecule has 1 aromatic rings. The quantitative estimate of drug-likeness (QED) is 0.728. The van der Waals surface area contributed by atoms with Gasteiger partial charge < -0.3 is 16.0 Å². The van der Waals surface area contributed by atoms with Crippen LogP contribution in [0.15, 0.2) is 30.9 Å². The predicted octanol–water partition coefficient (Wildman–Crippen LogP) is 2.38. The number of carbonyl (C=O) groups excluding carboxylic acids is 2. The number of amides is 2. The molecule has 5 nitrogen and oxygen atoms in total. The Balaban J connectivity index is 2.15. The molecule has 5 heteroatoms. The maximum absolute atomic E-state index is 12.1. The molecule has 1 aromatic carbocycles. The molecule has 21 heavy (non-hydrogen) atoms. The summed E-state index contributed by atoms with van der Waals surface area (Å²) in [6.45, 7) is 8.13. The second-order valence-electron chi connectivity index (χ2n) is 5.57. The first-order chi connectivity index (χ1) is 10.0. The van der Waals surface area contributed by atoms with Gasteiger partial charge in [0.05, 0.1) is 11.4 Å². The van der Waals surface area contributed by atoms with Crippen molar-refractivity contribution in [3.05, 3.63) is 36.4 Å². The van der Waals surface area contributed by atoms with Crippen molar-refractivity contribution in [2.75, 3.05) is 17.2 Å². The number of carbonyl (C=O) groups is 2. The first-order valence-electron chi connectivity index (χ1n) is 7.11. The lowest BCUT2D eigenvalue weighted by Gasteiger charge is -2.28. The SMILES string of the molecule is C=CCNC(=O)c1ccc2c(c1)NC(=O)[C@@H](CC(C)C)N2. The fraction of sp³-hybridized carbons (Fsp3) is 0.375. The summed E-state index contributed by atoms with van der Waals surface area (Å²) in [6.07, 6.45) is 2.39. The van der Waals surface area contributed by atoms with E-state index in [-0.39, 0.29) is 17.9 Å². The highest BCUT2D eigenvalue weighted by Gasteiger charge is 2.26. The number of hydrogen-bond donors (Lipinski definition) is 3. The second-order valence-corrected chi connectivity index (χ2v) is 5.57. The Morgan fingerprint density at radius 1 is 1.43 bits per heavy atom. The zero-order chi connectivity index (χ0) is 15.4. The molecule has 3 N–H and O–H groups in total. The minimum atomic E-state index is -0.224. The molecule has 1 heterocycles. The van der Waals surface area contributed by atoms with Crippen LogP contribution < -0.4 is 16.0 Å². The normalized spacial score (nSPS) is 16.7. The Bertz CT molecular complexity index is 567. The molecule has 0 aromatic heterocycles. The van der Waals surface area contributed by atoms with E-state index >= 15 is 0 Å². The van der Waals surface area contributed by atoms with Crippen LogP contribution in [0.1, 0.15) is 30.6 Å². The highest BCUT2D eigenvalue weighted by Crippen LogP contribution is 2.29. The molecule has 0 aliphatic carbocycles. The van der Waals surface area contributed by atoms with Gasteiger partial charge in [-0.25, -0.2) is 0 Å². The van der Waals surface area contributed by atoms with E-state index in [4.69, 9.17) is 0 Å². The summed E-state index contributed by atoms with van der Waals surface area (Å²) in [5.41, 5.74) is 2.01. The van der Waals surface area contributed by atoms with Crippen molar-refractivity contribution in [2.24, 2.45) is 5.92 Å². The third kappa shape index (κ3) is 3.62. The smallest absolute Gasteiger partial charge is 0.251 e. The predicted molar refractivity (Wildman–Crippen MR) is 84.5 cm³/mol. The highest BCUT2D eigenvalue weighted by molar-refractivity contribution is 6.05. The monoisotopic (exact) mass is 287 g/mol. The van der Waals surface area contributed by atoms with Gasteiger partial charge >= 0.3 is 0 Å². The van der Waals surface area contributed by atoms with Crippen LogP contribution >= 0.6 is 0 Å². The fourth-order valence-electron chi connectivity index (χ4n) is 2.29. The number of fused-ring (bicyclic) bond motifs is 1. The molecular formula is C16H21N3O2. The third-order valence-electron chi connectivity index (χ3n) is 3.30. The maximum Gasteiger partial charge on any atom is 0.251 e. The third-order valence-corrected chi connectivity index (χ3v) is 3.30. The number of anilines is 2. The molecule has 1 aliphatic heterocycles. The van der Waals surface area contributed by atoms with E-state index in [1.54, 1.807) is 18.2 Å². The zero-order valence-electron chi connectivity index (χ0n) is 12.4. The van der Waals surface area contributed by atoms with E-state index in [9.17, 15) is 9.59 Å². The fourth-order valence-corrected chi connectivity index (χ4v) is 2.29. The lowest BCUT2D eigenvalue weighted by atomic mass is 10.00. The van der Waals surface area contributed by atoms with E-state index in [1.165, 1.54) is 0 Å². The van der Waals surface area contributed by atoms with Crippen molar-refractivity contribution in [3.8, 4) is 0 Å². The molecule has 2 rings (SSSR count). The van der Waals surface area contributed by atoms with Gasteiger partial charge in [0.2, 0.25) is 5.91 Å². The van der Waals surface area contributed by atoms with Gasteiger partial charge in [0.1, 0.15) is 6.04 Å². The van der Waals surface area contributed by atoms with Gasteiger partial charge in [0, 0.05) is 12.1 Å². The van der Waals surface area contributed by atoms with Crippen LogP contribution in [-0.2, 0) is 4.79 Å². The van der Waals surface area contributed by atoms with E-state index in [0.717, 1.165) is 12.1 Å². The van der Waals surface area contributed by atoms with Gasteiger partial charge in [-0.3, -0.25) is 9.59 Å². The summed E-state index contributed by atoms with van der Waals surface area (Å²) in [4.78, 5) is 23.9. The average Bonchev–Trinajstić information content (AvgIpc) is 2.44. The highest BCUT2D eigenvalue weighted by atomic mass is 16.2.